The second-order valence-electron chi connectivity index (χ2n) is 4.57. The Morgan fingerprint density at radius 2 is 2.18 bits per heavy atom. The van der Waals surface area contributed by atoms with Gasteiger partial charge in [-0.3, -0.25) is 4.98 Å². The molecule has 1 fully saturated rings. The van der Waals surface area contributed by atoms with Gasteiger partial charge >= 0.3 is 0 Å². The van der Waals surface area contributed by atoms with Crippen molar-refractivity contribution in [2.45, 2.75) is 43.5 Å². The Morgan fingerprint density at radius 3 is 2.82 bits per heavy atom. The molecule has 0 bridgehead atoms. The number of aromatic nitrogens is 1. The molecule has 0 spiro atoms. The number of pyridine rings is 1. The van der Waals surface area contributed by atoms with Gasteiger partial charge in [-0.1, -0.05) is 12.8 Å². The summed E-state index contributed by atoms with van der Waals surface area (Å²) in [7, 11) is 0. The molecule has 0 radical (unpaired) electrons. The van der Waals surface area contributed by atoms with Crippen LogP contribution < -0.4 is 0 Å². The Hall–Kier alpha value is -0.0600. The van der Waals surface area contributed by atoms with Crippen molar-refractivity contribution in [3.63, 3.8) is 0 Å². The zero-order valence-corrected chi connectivity index (χ0v) is 12.2. The van der Waals surface area contributed by atoms with Gasteiger partial charge in [0.05, 0.1) is 6.10 Å². The molecule has 2 nitrogen and oxygen atoms in total. The third kappa shape index (κ3) is 4.60. The molecular formula is C13H18BrNOS. The third-order valence-electron chi connectivity index (χ3n) is 3.06. The van der Waals surface area contributed by atoms with Crippen molar-refractivity contribution in [2.75, 3.05) is 5.75 Å². The minimum atomic E-state index is -0.269. The van der Waals surface area contributed by atoms with E-state index in [1.165, 1.54) is 25.7 Å². The summed E-state index contributed by atoms with van der Waals surface area (Å²) in [5.74, 6) is 0.836. The van der Waals surface area contributed by atoms with Gasteiger partial charge in [-0.05, 0) is 40.9 Å². The maximum Gasteiger partial charge on any atom is 0.0686 e. The number of rotatable bonds is 5. The van der Waals surface area contributed by atoms with Crippen molar-refractivity contribution in [2.24, 2.45) is 0 Å². The summed E-state index contributed by atoms with van der Waals surface area (Å²) in [4.78, 5) is 4.28. The van der Waals surface area contributed by atoms with E-state index in [0.717, 1.165) is 21.2 Å². The first-order valence-electron chi connectivity index (χ1n) is 6.14. The number of halogens is 1. The van der Waals surface area contributed by atoms with Crippen LogP contribution in [0.2, 0.25) is 0 Å². The van der Waals surface area contributed by atoms with Crippen LogP contribution in [0, 0.1) is 0 Å². The second kappa shape index (κ2) is 6.76. The first-order chi connectivity index (χ1) is 8.24. The Bertz CT molecular complexity index is 338. The predicted molar refractivity (Wildman–Crippen MR) is 76.4 cm³/mol. The molecule has 1 atom stereocenters. The van der Waals surface area contributed by atoms with Crippen LogP contribution in [0.1, 0.15) is 31.4 Å². The van der Waals surface area contributed by atoms with E-state index >= 15 is 0 Å². The maximum atomic E-state index is 9.96. The van der Waals surface area contributed by atoms with E-state index in [9.17, 15) is 5.11 Å². The van der Waals surface area contributed by atoms with Crippen LogP contribution >= 0.6 is 27.7 Å². The lowest BCUT2D eigenvalue weighted by Crippen LogP contribution is -2.16. The van der Waals surface area contributed by atoms with Gasteiger partial charge in [0.2, 0.25) is 0 Å². The molecule has 1 saturated carbocycles. The van der Waals surface area contributed by atoms with Crippen LogP contribution in [0.25, 0.3) is 0 Å². The van der Waals surface area contributed by atoms with Gasteiger partial charge in [0, 0.05) is 33.8 Å². The molecule has 1 aliphatic rings. The van der Waals surface area contributed by atoms with Crippen molar-refractivity contribution in [3.05, 3.63) is 28.5 Å². The van der Waals surface area contributed by atoms with Crippen LogP contribution in [0.5, 0.6) is 0 Å². The van der Waals surface area contributed by atoms with Crippen LogP contribution in [-0.2, 0) is 6.42 Å². The van der Waals surface area contributed by atoms with Crippen molar-refractivity contribution >= 4 is 27.7 Å². The van der Waals surface area contributed by atoms with Gasteiger partial charge in [-0.2, -0.15) is 11.8 Å². The summed E-state index contributed by atoms with van der Waals surface area (Å²) < 4.78 is 0.982. The van der Waals surface area contributed by atoms with Crippen LogP contribution in [0.4, 0.5) is 0 Å². The Balaban J connectivity index is 1.72. The number of aliphatic hydroxyl groups is 1. The Labute approximate surface area is 115 Å². The minimum absolute atomic E-state index is 0.269. The summed E-state index contributed by atoms with van der Waals surface area (Å²) in [5.41, 5.74) is 0.965. The standard InChI is InChI=1S/C13H18BrNOS/c14-10-5-6-11(15-8-10)7-12(16)9-17-13-3-1-2-4-13/h5-6,8,12-13,16H,1-4,7,9H2. The first kappa shape index (κ1) is 13.4. The lowest BCUT2D eigenvalue weighted by Gasteiger charge is -2.13. The SMILES string of the molecule is OC(CSC1CCCC1)Cc1ccc(Br)cn1. The van der Waals surface area contributed by atoms with E-state index < -0.39 is 0 Å². The summed E-state index contributed by atoms with van der Waals surface area (Å²) in [6, 6.07) is 3.94. The predicted octanol–water partition coefficient (Wildman–Crippen LogP) is 3.42. The molecule has 94 valence electrons. The number of hydrogen-bond acceptors (Lipinski definition) is 3. The Kier molecular flexibility index (Phi) is 5.32. The fraction of sp³-hybridized carbons (Fsp3) is 0.615. The van der Waals surface area contributed by atoms with E-state index in [-0.39, 0.29) is 6.10 Å². The summed E-state index contributed by atoms with van der Waals surface area (Å²) >= 11 is 5.29. The van der Waals surface area contributed by atoms with Gasteiger partial charge in [0.1, 0.15) is 0 Å². The zero-order chi connectivity index (χ0) is 12.1. The lowest BCUT2D eigenvalue weighted by molar-refractivity contribution is 0.198. The molecule has 1 heterocycles. The molecule has 0 aromatic carbocycles. The molecule has 1 aliphatic carbocycles. The normalized spacial score (nSPS) is 18.5. The van der Waals surface area contributed by atoms with Crippen molar-refractivity contribution in [1.29, 1.82) is 0 Å². The van der Waals surface area contributed by atoms with Crippen molar-refractivity contribution in [3.8, 4) is 0 Å². The topological polar surface area (TPSA) is 33.1 Å². The van der Waals surface area contributed by atoms with Crippen LogP contribution in [0.15, 0.2) is 22.8 Å². The highest BCUT2D eigenvalue weighted by molar-refractivity contribution is 9.10. The fourth-order valence-corrected chi connectivity index (χ4v) is 3.64. The molecule has 1 unspecified atom stereocenters. The number of hydrogen-bond donors (Lipinski definition) is 1. The molecule has 1 aromatic heterocycles. The number of aliphatic hydroxyl groups excluding tert-OH is 1. The fourth-order valence-electron chi connectivity index (χ4n) is 2.13. The van der Waals surface area contributed by atoms with E-state index in [1.54, 1.807) is 6.20 Å². The highest BCUT2D eigenvalue weighted by Gasteiger charge is 2.17. The van der Waals surface area contributed by atoms with Gasteiger partial charge < -0.3 is 5.11 Å². The molecule has 0 saturated heterocycles. The van der Waals surface area contributed by atoms with Gasteiger partial charge in [0.25, 0.3) is 0 Å². The van der Waals surface area contributed by atoms with Gasteiger partial charge in [-0.25, -0.2) is 0 Å². The average Bonchev–Trinajstić information content (AvgIpc) is 2.83. The summed E-state index contributed by atoms with van der Waals surface area (Å²) in [6.45, 7) is 0. The maximum absolute atomic E-state index is 9.96. The molecule has 4 heteroatoms. The highest BCUT2D eigenvalue weighted by Crippen LogP contribution is 2.29. The van der Waals surface area contributed by atoms with Gasteiger partial charge in [0.15, 0.2) is 0 Å². The van der Waals surface area contributed by atoms with Crippen molar-refractivity contribution < 1.29 is 5.11 Å². The largest absolute Gasteiger partial charge is 0.392 e. The molecule has 1 N–H and O–H groups in total. The monoisotopic (exact) mass is 315 g/mol. The lowest BCUT2D eigenvalue weighted by atomic mass is 10.2. The quantitative estimate of drug-likeness (QED) is 0.903. The highest BCUT2D eigenvalue weighted by atomic mass is 79.9. The second-order valence-corrected chi connectivity index (χ2v) is 6.81. The van der Waals surface area contributed by atoms with Crippen molar-refractivity contribution in [1.82, 2.24) is 4.98 Å². The third-order valence-corrected chi connectivity index (χ3v) is 5.05. The Morgan fingerprint density at radius 1 is 1.41 bits per heavy atom. The number of nitrogens with zero attached hydrogens (tertiary/aromatic N) is 1. The molecule has 1 aromatic rings. The van der Waals surface area contributed by atoms with Crippen LogP contribution in [0.3, 0.4) is 0 Å². The molecular weight excluding hydrogens is 298 g/mol. The average molecular weight is 316 g/mol. The molecule has 17 heavy (non-hydrogen) atoms. The number of thioether (sulfide) groups is 1. The van der Waals surface area contributed by atoms with Gasteiger partial charge in [-0.15, -0.1) is 0 Å². The molecule has 0 aliphatic heterocycles. The summed E-state index contributed by atoms with van der Waals surface area (Å²) in [6.07, 6.45) is 7.56. The molecule has 2 rings (SSSR count). The zero-order valence-electron chi connectivity index (χ0n) is 9.81. The van der Waals surface area contributed by atoms with E-state index in [0.29, 0.717) is 6.42 Å². The van der Waals surface area contributed by atoms with E-state index in [1.807, 2.05) is 23.9 Å². The minimum Gasteiger partial charge on any atom is -0.392 e. The van der Waals surface area contributed by atoms with Crippen LogP contribution in [-0.4, -0.2) is 27.2 Å². The van der Waals surface area contributed by atoms with E-state index in [2.05, 4.69) is 20.9 Å². The van der Waals surface area contributed by atoms with E-state index in [4.69, 9.17) is 0 Å². The molecule has 0 amide bonds. The smallest absolute Gasteiger partial charge is 0.0686 e. The first-order valence-corrected chi connectivity index (χ1v) is 7.98. The summed E-state index contributed by atoms with van der Waals surface area (Å²) in [5, 5.41) is 10.7.